The van der Waals surface area contributed by atoms with Gasteiger partial charge in [0.05, 0.1) is 11.4 Å². The second-order valence-electron chi connectivity index (χ2n) is 3.24. The maximum absolute atomic E-state index is 13.8. The summed E-state index contributed by atoms with van der Waals surface area (Å²) >= 11 is 4.22. The zero-order valence-corrected chi connectivity index (χ0v) is 11.3. The molecule has 0 unspecified atom stereocenters. The summed E-state index contributed by atoms with van der Waals surface area (Å²) in [4.78, 5) is 10.5. The van der Waals surface area contributed by atoms with Crippen LogP contribution in [0.4, 0.5) is 4.39 Å². The minimum Gasteiger partial charge on any atom is -0.481 e. The summed E-state index contributed by atoms with van der Waals surface area (Å²) in [5.41, 5.74) is 0.260. The number of nitrogens with zero attached hydrogens (tertiary/aromatic N) is 3. The average Bonchev–Trinajstić information content (AvgIpc) is 2.74. The van der Waals surface area contributed by atoms with Gasteiger partial charge in [-0.1, -0.05) is 17.8 Å². The third kappa shape index (κ3) is 2.70. The summed E-state index contributed by atoms with van der Waals surface area (Å²) in [6, 6.07) is 4.56. The van der Waals surface area contributed by atoms with Crippen molar-refractivity contribution in [2.45, 2.75) is 5.16 Å². The molecule has 0 bridgehead atoms. The second kappa shape index (κ2) is 5.49. The molecule has 0 radical (unpaired) electrons. The van der Waals surface area contributed by atoms with E-state index in [9.17, 15) is 9.18 Å². The van der Waals surface area contributed by atoms with Gasteiger partial charge >= 0.3 is 5.97 Å². The smallest absolute Gasteiger partial charge is 0.313 e. The molecule has 0 fully saturated rings. The first-order valence-corrected chi connectivity index (χ1v) is 6.56. The van der Waals surface area contributed by atoms with Crippen LogP contribution in [0.25, 0.3) is 5.69 Å². The average molecular weight is 332 g/mol. The molecule has 1 N–H and O–H groups in total. The molecule has 5 nitrogen and oxygen atoms in total. The van der Waals surface area contributed by atoms with E-state index in [0.29, 0.717) is 9.63 Å². The van der Waals surface area contributed by atoms with Crippen molar-refractivity contribution >= 4 is 33.7 Å². The fraction of sp³-hybridized carbons (Fsp3) is 0.100. The first-order chi connectivity index (χ1) is 8.59. The predicted molar refractivity (Wildman–Crippen MR) is 67.4 cm³/mol. The van der Waals surface area contributed by atoms with Crippen LogP contribution in [-0.4, -0.2) is 31.6 Å². The van der Waals surface area contributed by atoms with Gasteiger partial charge in [0, 0.05) is 4.47 Å². The zero-order valence-electron chi connectivity index (χ0n) is 8.88. The van der Waals surface area contributed by atoms with E-state index in [1.165, 1.54) is 17.0 Å². The Hall–Kier alpha value is -1.41. The standard InChI is InChI=1S/C10H7BrFN3O2S/c11-6-2-1-3-7(12)9(6)15-5-13-14-10(15)18-4-8(16)17/h1-3,5H,4H2,(H,16,17). The van der Waals surface area contributed by atoms with Crippen LogP contribution < -0.4 is 0 Å². The molecule has 1 aromatic carbocycles. The number of aromatic nitrogens is 3. The highest BCUT2D eigenvalue weighted by atomic mass is 79.9. The van der Waals surface area contributed by atoms with Gasteiger partial charge < -0.3 is 5.11 Å². The topological polar surface area (TPSA) is 68.0 Å². The molecule has 0 amide bonds. The van der Waals surface area contributed by atoms with Gasteiger partial charge in [0.2, 0.25) is 0 Å². The van der Waals surface area contributed by atoms with E-state index >= 15 is 0 Å². The number of halogens is 2. The maximum atomic E-state index is 13.8. The number of hydrogen-bond donors (Lipinski definition) is 1. The van der Waals surface area contributed by atoms with E-state index in [-0.39, 0.29) is 11.4 Å². The molecular formula is C10H7BrFN3O2S. The number of thioether (sulfide) groups is 1. The first kappa shape index (κ1) is 13.0. The number of hydrogen-bond acceptors (Lipinski definition) is 4. The minimum absolute atomic E-state index is 0.162. The highest BCUT2D eigenvalue weighted by molar-refractivity contribution is 9.10. The minimum atomic E-state index is -0.970. The number of rotatable bonds is 4. The monoisotopic (exact) mass is 331 g/mol. The molecule has 0 aliphatic carbocycles. The number of benzene rings is 1. The molecule has 0 aliphatic heterocycles. The van der Waals surface area contributed by atoms with Crippen LogP contribution >= 0.6 is 27.7 Å². The summed E-state index contributed by atoms with van der Waals surface area (Å²) in [7, 11) is 0. The lowest BCUT2D eigenvalue weighted by molar-refractivity contribution is -0.133. The Kier molecular flexibility index (Phi) is 3.97. The van der Waals surface area contributed by atoms with Gasteiger partial charge in [-0.2, -0.15) is 0 Å². The molecule has 0 aliphatic rings. The third-order valence-corrected chi connectivity index (χ3v) is 3.59. The van der Waals surface area contributed by atoms with Gasteiger partial charge in [-0.15, -0.1) is 10.2 Å². The molecule has 8 heteroatoms. The Morgan fingerprint density at radius 1 is 1.56 bits per heavy atom. The van der Waals surface area contributed by atoms with Crippen molar-refractivity contribution in [2.75, 3.05) is 5.75 Å². The molecule has 94 valence electrons. The van der Waals surface area contributed by atoms with Crippen molar-refractivity contribution < 1.29 is 14.3 Å². The van der Waals surface area contributed by atoms with Crippen molar-refractivity contribution in [3.05, 3.63) is 34.8 Å². The number of carboxylic acids is 1. The molecule has 1 aromatic heterocycles. The van der Waals surface area contributed by atoms with Crippen LogP contribution in [0, 0.1) is 5.82 Å². The fourth-order valence-electron chi connectivity index (χ4n) is 1.32. The Bertz CT molecular complexity index is 570. The van der Waals surface area contributed by atoms with Crippen LogP contribution in [0.2, 0.25) is 0 Å². The lowest BCUT2D eigenvalue weighted by Gasteiger charge is -2.08. The quantitative estimate of drug-likeness (QED) is 0.871. The van der Waals surface area contributed by atoms with Gasteiger partial charge in [-0.3, -0.25) is 9.36 Å². The SMILES string of the molecule is O=C(O)CSc1nncn1-c1c(F)cccc1Br. The molecule has 2 rings (SSSR count). The molecule has 0 atom stereocenters. The summed E-state index contributed by atoms with van der Waals surface area (Å²) in [6.07, 6.45) is 1.34. The van der Waals surface area contributed by atoms with E-state index < -0.39 is 11.8 Å². The van der Waals surface area contributed by atoms with E-state index in [2.05, 4.69) is 26.1 Å². The van der Waals surface area contributed by atoms with Gasteiger partial charge in [0.25, 0.3) is 0 Å². The van der Waals surface area contributed by atoms with Gasteiger partial charge in [-0.05, 0) is 28.1 Å². The van der Waals surface area contributed by atoms with Gasteiger partial charge in [0.15, 0.2) is 5.16 Å². The first-order valence-electron chi connectivity index (χ1n) is 4.78. The Morgan fingerprint density at radius 3 is 3.00 bits per heavy atom. The summed E-state index contributed by atoms with van der Waals surface area (Å²) in [6.45, 7) is 0. The van der Waals surface area contributed by atoms with Crippen LogP contribution in [0.1, 0.15) is 0 Å². The Labute approximate surface area is 114 Å². The normalized spacial score (nSPS) is 10.6. The molecule has 18 heavy (non-hydrogen) atoms. The molecule has 2 aromatic rings. The summed E-state index contributed by atoms with van der Waals surface area (Å²) in [5, 5.41) is 16.4. The molecule has 0 spiro atoms. The maximum Gasteiger partial charge on any atom is 0.313 e. The molecule has 0 saturated carbocycles. The number of aliphatic carboxylic acids is 1. The number of para-hydroxylation sites is 1. The molecule has 1 heterocycles. The van der Waals surface area contributed by atoms with Crippen molar-refractivity contribution in [1.29, 1.82) is 0 Å². The number of carbonyl (C=O) groups is 1. The molecule has 0 saturated heterocycles. The van der Waals surface area contributed by atoms with Gasteiger partial charge in [-0.25, -0.2) is 4.39 Å². The Balaban J connectivity index is 2.39. The van der Waals surface area contributed by atoms with Crippen LogP contribution in [-0.2, 0) is 4.79 Å². The van der Waals surface area contributed by atoms with Crippen LogP contribution in [0.15, 0.2) is 34.2 Å². The zero-order chi connectivity index (χ0) is 13.1. The van der Waals surface area contributed by atoms with E-state index in [1.54, 1.807) is 12.1 Å². The van der Waals surface area contributed by atoms with Crippen molar-refractivity contribution in [2.24, 2.45) is 0 Å². The highest BCUT2D eigenvalue weighted by Crippen LogP contribution is 2.27. The van der Waals surface area contributed by atoms with E-state index in [0.717, 1.165) is 11.8 Å². The summed E-state index contributed by atoms with van der Waals surface area (Å²) in [5.74, 6) is -1.58. The van der Waals surface area contributed by atoms with E-state index in [1.807, 2.05) is 0 Å². The summed E-state index contributed by atoms with van der Waals surface area (Å²) < 4.78 is 15.7. The van der Waals surface area contributed by atoms with E-state index in [4.69, 9.17) is 5.11 Å². The van der Waals surface area contributed by atoms with Crippen molar-refractivity contribution in [1.82, 2.24) is 14.8 Å². The Morgan fingerprint density at radius 2 is 2.33 bits per heavy atom. The lowest BCUT2D eigenvalue weighted by atomic mass is 10.3. The second-order valence-corrected chi connectivity index (χ2v) is 5.03. The van der Waals surface area contributed by atoms with Crippen molar-refractivity contribution in [3.8, 4) is 5.69 Å². The van der Waals surface area contributed by atoms with Gasteiger partial charge in [0.1, 0.15) is 12.1 Å². The fourth-order valence-corrected chi connectivity index (χ4v) is 2.49. The third-order valence-electron chi connectivity index (χ3n) is 2.02. The predicted octanol–water partition coefficient (Wildman–Crippen LogP) is 2.35. The van der Waals surface area contributed by atoms with Crippen LogP contribution in [0.3, 0.4) is 0 Å². The number of carboxylic acid groups (broad SMARTS) is 1. The van der Waals surface area contributed by atoms with Crippen molar-refractivity contribution in [3.63, 3.8) is 0 Å². The largest absolute Gasteiger partial charge is 0.481 e. The molecular weight excluding hydrogens is 325 g/mol. The van der Waals surface area contributed by atoms with Crippen LogP contribution in [0.5, 0.6) is 0 Å². The highest BCUT2D eigenvalue weighted by Gasteiger charge is 2.14. The lowest BCUT2D eigenvalue weighted by Crippen LogP contribution is -2.03.